The number of Topliss-reactive ketones (excluding diaryl/α,β-unsaturated/α-hetero) is 1. The molecule has 0 aliphatic carbocycles. The third-order valence-electron chi connectivity index (χ3n) is 3.92. The standard InChI is InChI=1S/C17H34N4O3/c1-4-6-10-15(21-16(23)13(19)9-7-11-18)17(24)20-14(8-5-2)12(3)22/h13-15H,4-11,18-19H2,1-3H3,(H,20,24)(H,21,23)/t13-,14-,15+/m0/s1. The van der Waals surface area contributed by atoms with Crippen molar-refractivity contribution in [2.24, 2.45) is 11.5 Å². The summed E-state index contributed by atoms with van der Waals surface area (Å²) >= 11 is 0. The summed E-state index contributed by atoms with van der Waals surface area (Å²) in [6.07, 6.45) is 4.75. The molecule has 7 heteroatoms. The molecule has 0 aromatic carbocycles. The number of rotatable bonds is 13. The zero-order valence-electron chi connectivity index (χ0n) is 15.3. The number of hydrogen-bond acceptors (Lipinski definition) is 5. The largest absolute Gasteiger partial charge is 0.345 e. The fourth-order valence-corrected chi connectivity index (χ4v) is 2.36. The molecule has 0 aliphatic heterocycles. The van der Waals surface area contributed by atoms with Gasteiger partial charge >= 0.3 is 0 Å². The number of hydrogen-bond donors (Lipinski definition) is 4. The van der Waals surface area contributed by atoms with Crippen LogP contribution >= 0.6 is 0 Å². The molecule has 0 aromatic rings. The Morgan fingerprint density at radius 2 is 1.50 bits per heavy atom. The van der Waals surface area contributed by atoms with Crippen molar-refractivity contribution >= 4 is 17.6 Å². The molecule has 0 unspecified atom stereocenters. The molecule has 0 spiro atoms. The summed E-state index contributed by atoms with van der Waals surface area (Å²) in [7, 11) is 0. The highest BCUT2D eigenvalue weighted by Crippen LogP contribution is 2.05. The van der Waals surface area contributed by atoms with Gasteiger partial charge in [0.1, 0.15) is 6.04 Å². The predicted molar refractivity (Wildman–Crippen MR) is 95.2 cm³/mol. The van der Waals surface area contributed by atoms with Crippen LogP contribution in [0.1, 0.15) is 65.7 Å². The van der Waals surface area contributed by atoms with E-state index in [0.29, 0.717) is 32.2 Å². The van der Waals surface area contributed by atoms with E-state index in [1.165, 1.54) is 6.92 Å². The average Bonchev–Trinajstić information content (AvgIpc) is 2.55. The smallest absolute Gasteiger partial charge is 0.243 e. The number of unbranched alkanes of at least 4 members (excludes halogenated alkanes) is 1. The number of carbonyl (C=O) groups excluding carboxylic acids is 3. The maximum atomic E-state index is 12.5. The first-order valence-electron chi connectivity index (χ1n) is 8.94. The van der Waals surface area contributed by atoms with Crippen LogP contribution in [0.2, 0.25) is 0 Å². The van der Waals surface area contributed by atoms with Crippen molar-refractivity contribution in [3.8, 4) is 0 Å². The molecule has 0 rings (SSSR count). The molecule has 3 atom stereocenters. The molecule has 0 aliphatic rings. The second kappa shape index (κ2) is 12.9. The molecule has 24 heavy (non-hydrogen) atoms. The Labute approximate surface area is 145 Å². The van der Waals surface area contributed by atoms with Crippen molar-refractivity contribution < 1.29 is 14.4 Å². The summed E-state index contributed by atoms with van der Waals surface area (Å²) < 4.78 is 0. The lowest BCUT2D eigenvalue weighted by atomic mass is 10.0. The van der Waals surface area contributed by atoms with E-state index in [2.05, 4.69) is 10.6 Å². The highest BCUT2D eigenvalue weighted by atomic mass is 16.2. The average molecular weight is 342 g/mol. The van der Waals surface area contributed by atoms with E-state index in [1.54, 1.807) is 0 Å². The van der Waals surface area contributed by atoms with Gasteiger partial charge in [0, 0.05) is 0 Å². The lowest BCUT2D eigenvalue weighted by molar-refractivity contribution is -0.131. The molecular weight excluding hydrogens is 308 g/mol. The first-order valence-corrected chi connectivity index (χ1v) is 8.94. The van der Waals surface area contributed by atoms with Crippen molar-refractivity contribution in [2.75, 3.05) is 6.54 Å². The molecule has 0 saturated heterocycles. The molecule has 6 N–H and O–H groups in total. The van der Waals surface area contributed by atoms with Gasteiger partial charge in [-0.2, -0.15) is 0 Å². The van der Waals surface area contributed by atoms with Gasteiger partial charge in [0.2, 0.25) is 11.8 Å². The van der Waals surface area contributed by atoms with Crippen molar-refractivity contribution in [1.29, 1.82) is 0 Å². The van der Waals surface area contributed by atoms with Crippen LogP contribution in [0.3, 0.4) is 0 Å². The van der Waals surface area contributed by atoms with Gasteiger partial charge in [-0.1, -0.05) is 33.1 Å². The number of nitrogens with two attached hydrogens (primary N) is 2. The van der Waals surface area contributed by atoms with Gasteiger partial charge in [-0.25, -0.2) is 0 Å². The van der Waals surface area contributed by atoms with Crippen LogP contribution in [0, 0.1) is 0 Å². The highest BCUT2D eigenvalue weighted by molar-refractivity contribution is 5.92. The van der Waals surface area contributed by atoms with Gasteiger partial charge < -0.3 is 22.1 Å². The van der Waals surface area contributed by atoms with Gasteiger partial charge in [0.25, 0.3) is 0 Å². The normalized spacial score (nSPS) is 14.5. The van der Waals surface area contributed by atoms with Crippen LogP contribution in [0.4, 0.5) is 0 Å². The molecule has 2 amide bonds. The topological polar surface area (TPSA) is 127 Å². The fraction of sp³-hybridized carbons (Fsp3) is 0.824. The monoisotopic (exact) mass is 342 g/mol. The number of nitrogens with one attached hydrogen (secondary N) is 2. The number of ketones is 1. The fourth-order valence-electron chi connectivity index (χ4n) is 2.36. The maximum absolute atomic E-state index is 12.5. The minimum Gasteiger partial charge on any atom is -0.345 e. The first kappa shape index (κ1) is 22.5. The third kappa shape index (κ3) is 8.98. The summed E-state index contributed by atoms with van der Waals surface area (Å²) in [6, 6.07) is -1.85. The summed E-state index contributed by atoms with van der Waals surface area (Å²) in [5.74, 6) is -0.753. The second-order valence-corrected chi connectivity index (χ2v) is 6.20. The molecule has 0 fully saturated rings. The lowest BCUT2D eigenvalue weighted by Gasteiger charge is -2.23. The van der Waals surface area contributed by atoms with Crippen molar-refractivity contribution in [3.63, 3.8) is 0 Å². The summed E-state index contributed by atoms with van der Waals surface area (Å²) in [5, 5.41) is 5.47. The van der Waals surface area contributed by atoms with E-state index in [1.807, 2.05) is 13.8 Å². The van der Waals surface area contributed by atoms with Gasteiger partial charge in [0.05, 0.1) is 12.1 Å². The van der Waals surface area contributed by atoms with Gasteiger partial charge in [-0.05, 0) is 39.2 Å². The number of carbonyl (C=O) groups is 3. The Morgan fingerprint density at radius 1 is 0.875 bits per heavy atom. The second-order valence-electron chi connectivity index (χ2n) is 6.20. The van der Waals surface area contributed by atoms with Crippen LogP contribution in [0.25, 0.3) is 0 Å². The van der Waals surface area contributed by atoms with Crippen LogP contribution in [0.5, 0.6) is 0 Å². The quantitative estimate of drug-likeness (QED) is 0.390. The van der Waals surface area contributed by atoms with Crippen LogP contribution in [-0.2, 0) is 14.4 Å². The Morgan fingerprint density at radius 3 is 2.00 bits per heavy atom. The highest BCUT2D eigenvalue weighted by Gasteiger charge is 2.26. The first-order chi connectivity index (χ1) is 11.4. The molecule has 0 aromatic heterocycles. The zero-order valence-corrected chi connectivity index (χ0v) is 15.3. The molecule has 7 nitrogen and oxygen atoms in total. The van der Waals surface area contributed by atoms with E-state index in [4.69, 9.17) is 11.5 Å². The summed E-state index contributed by atoms with van der Waals surface area (Å²) in [4.78, 5) is 36.2. The van der Waals surface area contributed by atoms with Crippen molar-refractivity contribution in [2.45, 2.75) is 83.8 Å². The summed E-state index contributed by atoms with van der Waals surface area (Å²) in [5.41, 5.74) is 11.2. The summed E-state index contributed by atoms with van der Waals surface area (Å²) in [6.45, 7) is 5.90. The van der Waals surface area contributed by atoms with E-state index < -0.39 is 18.1 Å². The Bertz CT molecular complexity index is 401. The van der Waals surface area contributed by atoms with Crippen LogP contribution in [-0.4, -0.2) is 42.3 Å². The SMILES string of the molecule is CCCC[C@@H](NC(=O)[C@@H](N)CCCN)C(=O)N[C@@H](CCC)C(C)=O. The molecular formula is C17H34N4O3. The van der Waals surface area contributed by atoms with E-state index in [-0.39, 0.29) is 17.6 Å². The number of amides is 2. The van der Waals surface area contributed by atoms with Crippen molar-refractivity contribution in [1.82, 2.24) is 10.6 Å². The van der Waals surface area contributed by atoms with Crippen molar-refractivity contribution in [3.05, 3.63) is 0 Å². The Hall–Kier alpha value is -1.47. The minimum absolute atomic E-state index is 0.0783. The van der Waals surface area contributed by atoms with E-state index in [9.17, 15) is 14.4 Å². The third-order valence-corrected chi connectivity index (χ3v) is 3.92. The minimum atomic E-state index is -0.676. The molecule has 0 heterocycles. The van der Waals surface area contributed by atoms with Crippen LogP contribution in [0.15, 0.2) is 0 Å². The zero-order chi connectivity index (χ0) is 18.5. The lowest BCUT2D eigenvalue weighted by Crippen LogP contribution is -2.54. The Kier molecular flexibility index (Phi) is 12.1. The molecule has 0 saturated carbocycles. The molecule has 140 valence electrons. The van der Waals surface area contributed by atoms with Crippen LogP contribution < -0.4 is 22.1 Å². The van der Waals surface area contributed by atoms with E-state index >= 15 is 0 Å². The van der Waals surface area contributed by atoms with Gasteiger partial charge in [0.15, 0.2) is 5.78 Å². The van der Waals surface area contributed by atoms with Gasteiger partial charge in [-0.15, -0.1) is 0 Å². The maximum Gasteiger partial charge on any atom is 0.243 e. The van der Waals surface area contributed by atoms with E-state index in [0.717, 1.165) is 19.3 Å². The molecule has 0 radical (unpaired) electrons. The molecule has 0 bridgehead atoms. The van der Waals surface area contributed by atoms with Gasteiger partial charge in [-0.3, -0.25) is 14.4 Å². The Balaban J connectivity index is 4.81. The predicted octanol–water partition coefficient (Wildman–Crippen LogP) is 0.602.